The maximum absolute atomic E-state index is 11.0. The first-order valence-corrected chi connectivity index (χ1v) is 7.23. The van der Waals surface area contributed by atoms with Gasteiger partial charge in [-0.15, -0.1) is 6.42 Å². The van der Waals surface area contributed by atoms with Gasteiger partial charge in [0, 0.05) is 5.75 Å². The zero-order chi connectivity index (χ0) is 12.2. The SMILES string of the molecule is C#CCOS(=O)(=O)OCC1CCS(O)(O)O1. The molecule has 1 fully saturated rings. The Balaban J connectivity index is 2.33. The Bertz CT molecular complexity index is 369. The van der Waals surface area contributed by atoms with Crippen LogP contribution in [0.1, 0.15) is 6.42 Å². The molecule has 1 heterocycles. The predicted molar refractivity (Wildman–Crippen MR) is 56.9 cm³/mol. The lowest BCUT2D eigenvalue weighted by Crippen LogP contribution is -2.20. The second-order valence-electron chi connectivity index (χ2n) is 2.98. The van der Waals surface area contributed by atoms with Crippen molar-refractivity contribution in [2.45, 2.75) is 12.5 Å². The van der Waals surface area contributed by atoms with Crippen molar-refractivity contribution in [3.63, 3.8) is 0 Å². The summed E-state index contributed by atoms with van der Waals surface area (Å²) in [6.45, 7) is -0.744. The lowest BCUT2D eigenvalue weighted by molar-refractivity contribution is 0.125. The lowest BCUT2D eigenvalue weighted by Gasteiger charge is -2.19. The second kappa shape index (κ2) is 5.33. The molecule has 0 spiro atoms. The molecular weight excluding hydrogens is 260 g/mol. The third-order valence-corrected chi connectivity index (χ3v) is 3.86. The molecule has 16 heavy (non-hydrogen) atoms. The summed E-state index contributed by atoms with van der Waals surface area (Å²) in [4.78, 5) is 0. The molecule has 0 aromatic heterocycles. The van der Waals surface area contributed by atoms with Crippen molar-refractivity contribution in [2.24, 2.45) is 0 Å². The molecule has 0 aromatic rings. The van der Waals surface area contributed by atoms with Crippen LogP contribution < -0.4 is 0 Å². The fourth-order valence-electron chi connectivity index (χ4n) is 1.01. The van der Waals surface area contributed by atoms with Crippen molar-refractivity contribution in [2.75, 3.05) is 19.0 Å². The van der Waals surface area contributed by atoms with Crippen molar-refractivity contribution < 1.29 is 30.1 Å². The summed E-state index contributed by atoms with van der Waals surface area (Å²) in [5.74, 6) is 2.05. The summed E-state index contributed by atoms with van der Waals surface area (Å²) in [7, 11) is -7.17. The standard InChI is InChI=1S/C7H12O7S2/c1-2-4-12-16(10,11)13-6-7-3-5-15(8,9)14-7/h1,7-9H,3-6H2. The van der Waals surface area contributed by atoms with Crippen LogP contribution in [0, 0.1) is 12.3 Å². The van der Waals surface area contributed by atoms with Gasteiger partial charge in [-0.2, -0.15) is 8.42 Å². The maximum atomic E-state index is 11.0. The summed E-state index contributed by atoms with van der Waals surface area (Å²) in [6.07, 6.45) is 4.45. The zero-order valence-electron chi connectivity index (χ0n) is 8.24. The van der Waals surface area contributed by atoms with Crippen LogP contribution in [0.4, 0.5) is 0 Å². The molecule has 0 aromatic carbocycles. The van der Waals surface area contributed by atoms with E-state index in [4.69, 9.17) is 19.7 Å². The topological polar surface area (TPSA) is 102 Å². The summed E-state index contributed by atoms with van der Waals surface area (Å²) in [5.41, 5.74) is 0. The first-order chi connectivity index (χ1) is 7.35. The minimum absolute atomic E-state index is 0.0757. The molecule has 0 radical (unpaired) electrons. The molecule has 94 valence electrons. The smallest absolute Gasteiger partial charge is 0.308 e. The number of rotatable bonds is 5. The van der Waals surface area contributed by atoms with Crippen molar-refractivity contribution in [1.29, 1.82) is 0 Å². The molecule has 2 N–H and O–H groups in total. The molecule has 0 amide bonds. The van der Waals surface area contributed by atoms with E-state index in [1.54, 1.807) is 0 Å². The average Bonchev–Trinajstić information content (AvgIpc) is 2.53. The Kier molecular flexibility index (Phi) is 4.57. The Hall–Kier alpha value is -0.340. The van der Waals surface area contributed by atoms with E-state index in [-0.39, 0.29) is 12.4 Å². The van der Waals surface area contributed by atoms with Crippen LogP contribution in [0.3, 0.4) is 0 Å². The fourth-order valence-corrected chi connectivity index (χ4v) is 2.86. The molecule has 1 aliphatic heterocycles. The van der Waals surface area contributed by atoms with Crippen LogP contribution in [0.2, 0.25) is 0 Å². The highest BCUT2D eigenvalue weighted by Crippen LogP contribution is 2.48. The van der Waals surface area contributed by atoms with Gasteiger partial charge in [-0.25, -0.2) is 8.37 Å². The van der Waals surface area contributed by atoms with Gasteiger partial charge < -0.3 is 9.11 Å². The Labute approximate surface area is 95.6 Å². The first-order valence-electron chi connectivity index (χ1n) is 4.26. The van der Waals surface area contributed by atoms with Gasteiger partial charge in [0.2, 0.25) is 0 Å². The van der Waals surface area contributed by atoms with Crippen LogP contribution in [0.25, 0.3) is 0 Å². The van der Waals surface area contributed by atoms with Crippen LogP contribution in [-0.2, 0) is 22.9 Å². The summed E-state index contributed by atoms with van der Waals surface area (Å²) in [5, 5.41) is 0. The van der Waals surface area contributed by atoms with E-state index in [9.17, 15) is 8.42 Å². The van der Waals surface area contributed by atoms with E-state index in [1.165, 1.54) is 0 Å². The Morgan fingerprint density at radius 1 is 1.50 bits per heavy atom. The molecule has 1 saturated heterocycles. The molecule has 1 aliphatic rings. The molecule has 9 heteroatoms. The van der Waals surface area contributed by atoms with Crippen molar-refractivity contribution in [3.8, 4) is 12.3 Å². The number of hydrogen-bond donors (Lipinski definition) is 2. The lowest BCUT2D eigenvalue weighted by atomic mass is 10.3. The summed E-state index contributed by atoms with van der Waals surface area (Å²) in [6, 6.07) is 0. The van der Waals surface area contributed by atoms with Gasteiger partial charge in [-0.05, 0) is 6.42 Å². The summed E-state index contributed by atoms with van der Waals surface area (Å²) < 4.78 is 53.6. The number of terminal acetylenes is 1. The van der Waals surface area contributed by atoms with Gasteiger partial charge in [-0.3, -0.25) is 4.18 Å². The van der Waals surface area contributed by atoms with Gasteiger partial charge in [-0.1, -0.05) is 5.92 Å². The van der Waals surface area contributed by atoms with Gasteiger partial charge in [0.25, 0.3) is 0 Å². The molecule has 0 aliphatic carbocycles. The highest BCUT2D eigenvalue weighted by Gasteiger charge is 2.33. The minimum Gasteiger partial charge on any atom is -0.308 e. The molecule has 1 atom stereocenters. The monoisotopic (exact) mass is 272 g/mol. The first kappa shape index (κ1) is 13.7. The minimum atomic E-state index is -4.14. The molecule has 0 bridgehead atoms. The van der Waals surface area contributed by atoms with Crippen molar-refractivity contribution in [1.82, 2.24) is 0 Å². The normalized spacial score (nSPS) is 26.2. The van der Waals surface area contributed by atoms with Crippen molar-refractivity contribution in [3.05, 3.63) is 0 Å². The van der Waals surface area contributed by atoms with Gasteiger partial charge >= 0.3 is 10.4 Å². The van der Waals surface area contributed by atoms with Crippen LogP contribution >= 0.6 is 10.9 Å². The zero-order valence-corrected chi connectivity index (χ0v) is 9.87. The summed E-state index contributed by atoms with van der Waals surface area (Å²) >= 11 is 0. The molecule has 1 rings (SSSR count). The van der Waals surface area contributed by atoms with Crippen LogP contribution in [-0.4, -0.2) is 42.6 Å². The second-order valence-corrected chi connectivity index (χ2v) is 6.08. The van der Waals surface area contributed by atoms with E-state index < -0.39 is 34.0 Å². The largest absolute Gasteiger partial charge is 0.400 e. The fraction of sp³-hybridized carbons (Fsp3) is 0.714. The Morgan fingerprint density at radius 3 is 2.69 bits per heavy atom. The van der Waals surface area contributed by atoms with E-state index >= 15 is 0 Å². The molecule has 1 unspecified atom stereocenters. The highest BCUT2D eigenvalue weighted by atomic mass is 32.3. The van der Waals surface area contributed by atoms with Crippen molar-refractivity contribution >= 4 is 21.3 Å². The van der Waals surface area contributed by atoms with E-state index in [2.05, 4.69) is 8.37 Å². The third kappa shape index (κ3) is 4.67. The maximum Gasteiger partial charge on any atom is 0.400 e. The third-order valence-electron chi connectivity index (χ3n) is 1.68. The average molecular weight is 272 g/mol. The quantitative estimate of drug-likeness (QED) is 0.696. The predicted octanol–water partition coefficient (Wildman–Crippen LogP) is 0.352. The molecule has 0 saturated carbocycles. The van der Waals surface area contributed by atoms with Gasteiger partial charge in [0.05, 0.1) is 17.5 Å². The van der Waals surface area contributed by atoms with Gasteiger partial charge in [0.1, 0.15) is 12.7 Å². The number of hydrogen-bond acceptors (Lipinski definition) is 7. The van der Waals surface area contributed by atoms with E-state index in [0.717, 1.165) is 0 Å². The molecule has 7 nitrogen and oxygen atoms in total. The van der Waals surface area contributed by atoms with E-state index in [1.807, 2.05) is 5.92 Å². The molecular formula is C7H12O7S2. The van der Waals surface area contributed by atoms with Crippen LogP contribution in [0.5, 0.6) is 0 Å². The Morgan fingerprint density at radius 2 is 2.19 bits per heavy atom. The van der Waals surface area contributed by atoms with E-state index in [0.29, 0.717) is 6.42 Å². The van der Waals surface area contributed by atoms with Gasteiger partial charge in [0.15, 0.2) is 0 Å². The van der Waals surface area contributed by atoms with Crippen LogP contribution in [0.15, 0.2) is 0 Å². The highest BCUT2D eigenvalue weighted by molar-refractivity contribution is 8.20.